The van der Waals surface area contributed by atoms with E-state index in [2.05, 4.69) is 37.9 Å². The van der Waals surface area contributed by atoms with Gasteiger partial charge in [-0.2, -0.15) is 0 Å². The first kappa shape index (κ1) is 10.3. The topological polar surface area (TPSA) is 12.9 Å². The second-order valence-electron chi connectivity index (χ2n) is 5.46. The zero-order chi connectivity index (χ0) is 15.0. The number of pyridine rings is 1. The summed E-state index contributed by atoms with van der Waals surface area (Å²) in [7, 11) is 0. The smallest absolute Gasteiger partial charge is 0.0538 e. The molecule has 0 amide bonds. The van der Waals surface area contributed by atoms with Gasteiger partial charge < -0.3 is 0 Å². The standard InChI is InChI=1S/C17H21N/c1-5-14-11-12-15(13-9-7-6-8-10-13)16(18-14)17(2,3)4/h6-12H,5H2,1-4H3/i5D2. The molecule has 2 rings (SSSR count). The van der Waals surface area contributed by atoms with Crippen LogP contribution >= 0.6 is 0 Å². The number of rotatable bonds is 2. The summed E-state index contributed by atoms with van der Waals surface area (Å²) in [6, 6.07) is 13.9. The molecule has 0 bridgehead atoms. The summed E-state index contributed by atoms with van der Waals surface area (Å²) in [5.74, 6) is 0. The quantitative estimate of drug-likeness (QED) is 0.748. The number of hydrogen-bond donors (Lipinski definition) is 0. The Morgan fingerprint density at radius 1 is 1.06 bits per heavy atom. The fourth-order valence-corrected chi connectivity index (χ4v) is 2.02. The molecule has 0 N–H and O–H groups in total. The molecule has 1 heteroatoms. The van der Waals surface area contributed by atoms with Crippen LogP contribution in [0.1, 0.15) is 41.8 Å². The highest BCUT2D eigenvalue weighted by molar-refractivity contribution is 5.67. The third kappa shape index (κ3) is 2.61. The lowest BCUT2D eigenvalue weighted by molar-refractivity contribution is 0.568. The van der Waals surface area contributed by atoms with Crippen LogP contribution in [0.3, 0.4) is 0 Å². The van der Waals surface area contributed by atoms with Crippen LogP contribution in [0.5, 0.6) is 0 Å². The lowest BCUT2D eigenvalue weighted by Crippen LogP contribution is -2.16. The molecule has 0 atom stereocenters. The molecule has 1 nitrogen and oxygen atoms in total. The Bertz CT molecular complexity index is 593. The van der Waals surface area contributed by atoms with Crippen LogP contribution in [-0.2, 0) is 11.8 Å². The van der Waals surface area contributed by atoms with Gasteiger partial charge in [-0.15, -0.1) is 0 Å². The summed E-state index contributed by atoms with van der Waals surface area (Å²) >= 11 is 0. The highest BCUT2D eigenvalue weighted by atomic mass is 14.7. The van der Waals surface area contributed by atoms with Gasteiger partial charge in [0.1, 0.15) is 0 Å². The van der Waals surface area contributed by atoms with Crippen LogP contribution in [0.25, 0.3) is 11.1 Å². The van der Waals surface area contributed by atoms with Crippen molar-refractivity contribution in [2.24, 2.45) is 0 Å². The molecular formula is C17H21N. The molecule has 0 unspecified atom stereocenters. The number of hydrogen-bond acceptors (Lipinski definition) is 1. The van der Waals surface area contributed by atoms with Gasteiger partial charge in [-0.05, 0) is 18.0 Å². The molecule has 0 aliphatic rings. The van der Waals surface area contributed by atoms with Crippen LogP contribution in [-0.4, -0.2) is 4.98 Å². The summed E-state index contributed by atoms with van der Waals surface area (Å²) in [4.78, 5) is 4.62. The van der Waals surface area contributed by atoms with Crippen molar-refractivity contribution in [3.05, 3.63) is 53.9 Å². The Balaban J connectivity index is 2.65. The lowest BCUT2D eigenvalue weighted by atomic mass is 9.86. The first-order valence-electron chi connectivity index (χ1n) is 7.27. The molecule has 0 aliphatic carbocycles. The van der Waals surface area contributed by atoms with E-state index in [0.29, 0.717) is 5.69 Å². The summed E-state index contributed by atoms with van der Waals surface area (Å²) in [6.45, 7) is 7.87. The average Bonchev–Trinajstić information content (AvgIpc) is 2.37. The monoisotopic (exact) mass is 241 g/mol. The Morgan fingerprint density at radius 3 is 2.28 bits per heavy atom. The van der Waals surface area contributed by atoms with Gasteiger partial charge in [-0.25, -0.2) is 0 Å². The number of nitrogens with zero attached hydrogens (tertiary/aromatic N) is 1. The van der Waals surface area contributed by atoms with Gasteiger partial charge in [0.2, 0.25) is 0 Å². The van der Waals surface area contributed by atoms with Crippen molar-refractivity contribution in [2.75, 3.05) is 0 Å². The van der Waals surface area contributed by atoms with E-state index >= 15 is 0 Å². The van der Waals surface area contributed by atoms with E-state index in [1.165, 1.54) is 0 Å². The molecule has 0 saturated carbocycles. The van der Waals surface area contributed by atoms with Gasteiger partial charge >= 0.3 is 0 Å². The second-order valence-corrected chi connectivity index (χ2v) is 5.46. The highest BCUT2D eigenvalue weighted by Crippen LogP contribution is 2.31. The van der Waals surface area contributed by atoms with Crippen molar-refractivity contribution in [1.29, 1.82) is 0 Å². The van der Waals surface area contributed by atoms with Crippen molar-refractivity contribution in [3.8, 4) is 11.1 Å². The van der Waals surface area contributed by atoms with E-state index < -0.39 is 6.37 Å². The lowest BCUT2D eigenvalue weighted by Gasteiger charge is -2.22. The Morgan fingerprint density at radius 2 is 1.72 bits per heavy atom. The van der Waals surface area contributed by atoms with E-state index in [1.54, 1.807) is 13.0 Å². The largest absolute Gasteiger partial charge is 0.257 e. The van der Waals surface area contributed by atoms with Crippen molar-refractivity contribution in [3.63, 3.8) is 0 Å². The minimum Gasteiger partial charge on any atom is -0.257 e. The third-order valence-corrected chi connectivity index (χ3v) is 2.95. The Kier molecular flexibility index (Phi) is 2.82. The summed E-state index contributed by atoms with van der Waals surface area (Å²) in [5.41, 5.74) is 3.49. The molecule has 0 fully saturated rings. The Labute approximate surface area is 113 Å². The van der Waals surface area contributed by atoms with E-state index in [-0.39, 0.29) is 5.41 Å². The van der Waals surface area contributed by atoms with Gasteiger partial charge in [-0.3, -0.25) is 4.98 Å². The maximum absolute atomic E-state index is 7.85. The number of aromatic nitrogens is 1. The molecule has 1 aromatic heterocycles. The second kappa shape index (κ2) is 4.93. The van der Waals surface area contributed by atoms with Crippen molar-refractivity contribution in [1.82, 2.24) is 4.98 Å². The molecule has 18 heavy (non-hydrogen) atoms. The van der Waals surface area contributed by atoms with Gasteiger partial charge in [0.05, 0.1) is 5.69 Å². The number of aryl methyl sites for hydroxylation is 1. The predicted molar refractivity (Wildman–Crippen MR) is 77.8 cm³/mol. The molecular weight excluding hydrogens is 218 g/mol. The predicted octanol–water partition coefficient (Wildman–Crippen LogP) is 4.61. The normalized spacial score (nSPS) is 14.0. The number of benzene rings is 1. The van der Waals surface area contributed by atoms with Crippen molar-refractivity contribution in [2.45, 2.75) is 39.5 Å². The van der Waals surface area contributed by atoms with Gasteiger partial charge in [-0.1, -0.05) is 64.1 Å². The summed E-state index contributed by atoms with van der Waals surface area (Å²) in [5, 5.41) is 0. The minimum atomic E-state index is -1.42. The van der Waals surface area contributed by atoms with Crippen molar-refractivity contribution < 1.29 is 2.74 Å². The van der Waals surface area contributed by atoms with E-state index in [1.807, 2.05) is 24.3 Å². The molecule has 1 heterocycles. The van der Waals surface area contributed by atoms with Crippen LogP contribution in [0.15, 0.2) is 42.5 Å². The average molecular weight is 241 g/mol. The first-order chi connectivity index (χ1) is 9.19. The maximum Gasteiger partial charge on any atom is 0.0538 e. The zero-order valence-corrected chi connectivity index (χ0v) is 11.5. The van der Waals surface area contributed by atoms with E-state index in [9.17, 15) is 0 Å². The fourth-order valence-electron chi connectivity index (χ4n) is 2.02. The van der Waals surface area contributed by atoms with Gasteiger partial charge in [0, 0.05) is 19.4 Å². The molecule has 94 valence electrons. The highest BCUT2D eigenvalue weighted by Gasteiger charge is 2.20. The molecule has 0 aliphatic heterocycles. The van der Waals surface area contributed by atoms with Crippen molar-refractivity contribution >= 4 is 0 Å². The SMILES string of the molecule is [2H]C([2H])(C)c1ccc(-c2ccccc2)c(C(C)(C)C)n1. The summed E-state index contributed by atoms with van der Waals surface area (Å²) in [6.07, 6.45) is -1.42. The molecule has 2 aromatic rings. The van der Waals surface area contributed by atoms with E-state index in [0.717, 1.165) is 16.8 Å². The molecule has 0 saturated heterocycles. The van der Waals surface area contributed by atoms with Gasteiger partial charge in [0.15, 0.2) is 0 Å². The maximum atomic E-state index is 7.85. The van der Waals surface area contributed by atoms with E-state index in [4.69, 9.17) is 2.74 Å². The molecule has 0 spiro atoms. The van der Waals surface area contributed by atoms with Crippen LogP contribution in [0.4, 0.5) is 0 Å². The van der Waals surface area contributed by atoms with Crippen LogP contribution in [0.2, 0.25) is 0 Å². The van der Waals surface area contributed by atoms with Crippen LogP contribution in [0, 0.1) is 0 Å². The minimum absolute atomic E-state index is 0.133. The Hall–Kier alpha value is -1.63. The van der Waals surface area contributed by atoms with Crippen LogP contribution < -0.4 is 0 Å². The third-order valence-electron chi connectivity index (χ3n) is 2.95. The summed E-state index contributed by atoms with van der Waals surface area (Å²) < 4.78 is 15.7. The van der Waals surface area contributed by atoms with Gasteiger partial charge in [0.25, 0.3) is 0 Å². The molecule has 0 radical (unpaired) electrons. The zero-order valence-electron chi connectivity index (χ0n) is 13.5. The first-order valence-corrected chi connectivity index (χ1v) is 6.27. The fraction of sp³-hybridized carbons (Fsp3) is 0.353. The molecule has 1 aromatic carbocycles.